The average molecular weight is 250 g/mol. The van der Waals surface area contributed by atoms with Crippen LogP contribution in [0.3, 0.4) is 0 Å². The molecule has 0 aliphatic carbocycles. The van der Waals surface area contributed by atoms with E-state index in [1.165, 1.54) is 0 Å². The molecule has 1 aromatic carbocycles. The van der Waals surface area contributed by atoms with Gasteiger partial charge in [-0.1, -0.05) is 30.3 Å². The number of hydrogen-bond acceptors (Lipinski definition) is 3. The number of carbonyl (C=O) groups excluding carboxylic acids is 1. The van der Waals surface area contributed by atoms with Gasteiger partial charge in [-0.3, -0.25) is 4.79 Å². The zero-order valence-electron chi connectivity index (χ0n) is 10.9. The Morgan fingerprint density at radius 3 is 2.78 bits per heavy atom. The van der Waals surface area contributed by atoms with Crippen molar-refractivity contribution in [2.45, 2.75) is 25.8 Å². The summed E-state index contributed by atoms with van der Waals surface area (Å²) in [6.07, 6.45) is 1.15. The first-order valence-corrected chi connectivity index (χ1v) is 6.39. The van der Waals surface area contributed by atoms with Crippen LogP contribution in [0.25, 0.3) is 0 Å². The van der Waals surface area contributed by atoms with Crippen LogP contribution in [-0.2, 0) is 9.53 Å². The monoisotopic (exact) mass is 250 g/mol. The van der Waals surface area contributed by atoms with E-state index in [4.69, 9.17) is 10.5 Å². The molecule has 18 heavy (non-hydrogen) atoms. The van der Waals surface area contributed by atoms with Crippen molar-refractivity contribution in [1.82, 2.24) is 5.32 Å². The van der Waals surface area contributed by atoms with Gasteiger partial charge in [-0.15, -0.1) is 0 Å². The molecule has 1 aromatic rings. The summed E-state index contributed by atoms with van der Waals surface area (Å²) in [4.78, 5) is 11.4. The zero-order chi connectivity index (χ0) is 13.2. The lowest BCUT2D eigenvalue weighted by molar-refractivity contribution is -0.122. The number of nitrogens with one attached hydrogen (secondary N) is 1. The molecule has 4 heteroatoms. The van der Waals surface area contributed by atoms with E-state index in [1.807, 2.05) is 37.3 Å². The quantitative estimate of drug-likeness (QED) is 0.689. The van der Waals surface area contributed by atoms with Gasteiger partial charge in [0.2, 0.25) is 5.91 Å². The van der Waals surface area contributed by atoms with Crippen molar-refractivity contribution in [2.24, 2.45) is 5.73 Å². The Hall–Kier alpha value is -1.39. The molecule has 0 heterocycles. The van der Waals surface area contributed by atoms with Gasteiger partial charge in [0, 0.05) is 25.6 Å². The molecule has 0 aliphatic rings. The minimum Gasteiger partial charge on any atom is -0.381 e. The molecule has 1 atom stereocenters. The largest absolute Gasteiger partial charge is 0.381 e. The number of carbonyl (C=O) groups is 1. The Balaban J connectivity index is 2.16. The molecule has 0 spiro atoms. The van der Waals surface area contributed by atoms with Crippen LogP contribution >= 0.6 is 0 Å². The lowest BCUT2D eigenvalue weighted by atomic mass is 10.1. The van der Waals surface area contributed by atoms with Gasteiger partial charge in [0.05, 0.1) is 6.61 Å². The van der Waals surface area contributed by atoms with Crippen molar-refractivity contribution in [3.05, 3.63) is 35.9 Å². The SMILES string of the molecule is CCOCCC(=O)NCCC(N)c1ccccc1. The predicted octanol–water partition coefficient (Wildman–Crippen LogP) is 1.62. The smallest absolute Gasteiger partial charge is 0.222 e. The lowest BCUT2D eigenvalue weighted by Gasteiger charge is -2.12. The van der Waals surface area contributed by atoms with Gasteiger partial charge in [-0.25, -0.2) is 0 Å². The number of hydrogen-bond donors (Lipinski definition) is 2. The second kappa shape index (κ2) is 8.66. The normalized spacial score (nSPS) is 12.1. The molecular formula is C14H22N2O2. The maximum atomic E-state index is 11.4. The minimum atomic E-state index is -0.0293. The number of ether oxygens (including phenoxy) is 1. The molecule has 0 bridgehead atoms. The Labute approximate surface area is 109 Å². The van der Waals surface area contributed by atoms with E-state index in [2.05, 4.69) is 5.32 Å². The fraction of sp³-hybridized carbons (Fsp3) is 0.500. The van der Waals surface area contributed by atoms with Crippen molar-refractivity contribution in [1.29, 1.82) is 0 Å². The first-order chi connectivity index (χ1) is 8.74. The molecule has 0 saturated heterocycles. The Kier molecular flexibility index (Phi) is 7.06. The molecule has 1 unspecified atom stereocenters. The van der Waals surface area contributed by atoms with Crippen LogP contribution < -0.4 is 11.1 Å². The van der Waals surface area contributed by atoms with E-state index in [-0.39, 0.29) is 11.9 Å². The maximum Gasteiger partial charge on any atom is 0.222 e. The van der Waals surface area contributed by atoms with Crippen LogP contribution in [0.2, 0.25) is 0 Å². The molecule has 0 radical (unpaired) electrons. The number of nitrogens with two attached hydrogens (primary N) is 1. The van der Waals surface area contributed by atoms with Crippen molar-refractivity contribution in [2.75, 3.05) is 19.8 Å². The van der Waals surface area contributed by atoms with Gasteiger partial charge >= 0.3 is 0 Å². The first-order valence-electron chi connectivity index (χ1n) is 6.39. The molecular weight excluding hydrogens is 228 g/mol. The lowest BCUT2D eigenvalue weighted by Crippen LogP contribution is -2.27. The molecule has 0 aromatic heterocycles. The van der Waals surface area contributed by atoms with E-state index < -0.39 is 0 Å². The standard InChI is InChI=1S/C14H22N2O2/c1-2-18-11-9-14(17)16-10-8-13(15)12-6-4-3-5-7-12/h3-7,13H,2,8-11,15H2,1H3,(H,16,17). The zero-order valence-corrected chi connectivity index (χ0v) is 10.9. The molecule has 4 nitrogen and oxygen atoms in total. The molecule has 1 amide bonds. The maximum absolute atomic E-state index is 11.4. The summed E-state index contributed by atoms with van der Waals surface area (Å²) in [6, 6.07) is 9.87. The summed E-state index contributed by atoms with van der Waals surface area (Å²) >= 11 is 0. The Morgan fingerprint density at radius 1 is 1.39 bits per heavy atom. The minimum absolute atomic E-state index is 0.0173. The fourth-order valence-electron chi connectivity index (χ4n) is 1.63. The average Bonchev–Trinajstić information content (AvgIpc) is 2.40. The van der Waals surface area contributed by atoms with Gasteiger partial charge in [0.25, 0.3) is 0 Å². The van der Waals surface area contributed by atoms with E-state index >= 15 is 0 Å². The summed E-state index contributed by atoms with van der Waals surface area (Å²) in [5, 5.41) is 2.84. The third kappa shape index (κ3) is 5.80. The predicted molar refractivity (Wildman–Crippen MR) is 72.1 cm³/mol. The van der Waals surface area contributed by atoms with E-state index in [0.717, 1.165) is 12.0 Å². The van der Waals surface area contributed by atoms with Crippen molar-refractivity contribution in [3.8, 4) is 0 Å². The van der Waals surface area contributed by atoms with E-state index in [0.29, 0.717) is 26.2 Å². The van der Waals surface area contributed by atoms with Crippen molar-refractivity contribution in [3.63, 3.8) is 0 Å². The summed E-state index contributed by atoms with van der Waals surface area (Å²) in [7, 11) is 0. The van der Waals surface area contributed by atoms with Crippen LogP contribution in [0.5, 0.6) is 0 Å². The first kappa shape index (κ1) is 14.7. The highest BCUT2D eigenvalue weighted by Crippen LogP contribution is 2.12. The van der Waals surface area contributed by atoms with Crippen LogP contribution in [0, 0.1) is 0 Å². The number of amides is 1. The van der Waals surface area contributed by atoms with E-state index in [9.17, 15) is 4.79 Å². The van der Waals surface area contributed by atoms with Gasteiger partial charge in [0.15, 0.2) is 0 Å². The van der Waals surface area contributed by atoms with Crippen LogP contribution in [0.4, 0.5) is 0 Å². The van der Waals surface area contributed by atoms with Gasteiger partial charge < -0.3 is 15.8 Å². The highest BCUT2D eigenvalue weighted by molar-refractivity contribution is 5.75. The molecule has 1 rings (SSSR count). The highest BCUT2D eigenvalue weighted by Gasteiger charge is 2.06. The number of benzene rings is 1. The Morgan fingerprint density at radius 2 is 2.11 bits per heavy atom. The second-order valence-corrected chi connectivity index (χ2v) is 4.10. The van der Waals surface area contributed by atoms with Crippen LogP contribution in [0.15, 0.2) is 30.3 Å². The molecule has 0 saturated carbocycles. The van der Waals surface area contributed by atoms with Gasteiger partial charge in [0.1, 0.15) is 0 Å². The number of rotatable bonds is 8. The second-order valence-electron chi connectivity index (χ2n) is 4.10. The molecule has 3 N–H and O–H groups in total. The summed E-state index contributed by atoms with van der Waals surface area (Å²) in [5.74, 6) is 0.0173. The fourth-order valence-corrected chi connectivity index (χ4v) is 1.63. The summed E-state index contributed by atoms with van der Waals surface area (Å²) < 4.78 is 5.12. The topological polar surface area (TPSA) is 64.3 Å². The van der Waals surface area contributed by atoms with Crippen molar-refractivity contribution < 1.29 is 9.53 Å². The summed E-state index contributed by atoms with van der Waals surface area (Å²) in [5.41, 5.74) is 7.13. The van der Waals surface area contributed by atoms with Crippen molar-refractivity contribution >= 4 is 5.91 Å². The third-order valence-electron chi connectivity index (χ3n) is 2.68. The molecule has 0 aliphatic heterocycles. The molecule has 100 valence electrons. The van der Waals surface area contributed by atoms with Gasteiger partial charge in [-0.05, 0) is 18.9 Å². The van der Waals surface area contributed by atoms with Gasteiger partial charge in [-0.2, -0.15) is 0 Å². The van der Waals surface area contributed by atoms with Crippen LogP contribution in [0.1, 0.15) is 31.4 Å². The summed E-state index contributed by atoms with van der Waals surface area (Å²) in [6.45, 7) is 3.64. The Bertz CT molecular complexity index is 341. The molecule has 0 fully saturated rings. The van der Waals surface area contributed by atoms with Crippen LogP contribution in [-0.4, -0.2) is 25.7 Å². The third-order valence-corrected chi connectivity index (χ3v) is 2.68. The highest BCUT2D eigenvalue weighted by atomic mass is 16.5. The van der Waals surface area contributed by atoms with E-state index in [1.54, 1.807) is 0 Å².